The largest absolute Gasteiger partial charge is 0.413 e. The Bertz CT molecular complexity index is 505. The predicted molar refractivity (Wildman–Crippen MR) is 83.6 cm³/mol. The Kier molecular flexibility index (Phi) is 4.16. The summed E-state index contributed by atoms with van der Waals surface area (Å²) in [5.74, 6) is 0.127. The van der Waals surface area contributed by atoms with Gasteiger partial charge in [0.1, 0.15) is 5.69 Å². The van der Waals surface area contributed by atoms with Gasteiger partial charge in [-0.2, -0.15) is 0 Å². The van der Waals surface area contributed by atoms with Gasteiger partial charge in [0, 0.05) is 12.6 Å². The summed E-state index contributed by atoms with van der Waals surface area (Å²) in [6.45, 7) is 11.2. The molecule has 0 aliphatic heterocycles. The van der Waals surface area contributed by atoms with Gasteiger partial charge in [0.25, 0.3) is 0 Å². The lowest BCUT2D eigenvalue weighted by atomic mass is 10.1. The van der Waals surface area contributed by atoms with E-state index in [9.17, 15) is 4.79 Å². The van der Waals surface area contributed by atoms with Gasteiger partial charge in [0.15, 0.2) is 14.1 Å². The second-order valence-electron chi connectivity index (χ2n) is 7.18. The molecule has 0 radical (unpaired) electrons. The molecule has 4 heteroatoms. The van der Waals surface area contributed by atoms with E-state index in [-0.39, 0.29) is 16.9 Å². The smallest absolute Gasteiger partial charge is 0.192 e. The normalized spacial score (nSPS) is 20.4. The van der Waals surface area contributed by atoms with Crippen LogP contribution in [0.3, 0.4) is 0 Å². The van der Waals surface area contributed by atoms with Crippen molar-refractivity contribution in [3.8, 4) is 0 Å². The van der Waals surface area contributed by atoms with E-state index in [1.807, 2.05) is 12.1 Å². The Morgan fingerprint density at radius 1 is 1.35 bits per heavy atom. The van der Waals surface area contributed by atoms with Gasteiger partial charge in [0.2, 0.25) is 0 Å². The van der Waals surface area contributed by atoms with Gasteiger partial charge in [-0.05, 0) is 42.6 Å². The maximum absolute atomic E-state index is 12.3. The fraction of sp³-hybridized carbons (Fsp3) is 0.625. The zero-order chi connectivity index (χ0) is 15.0. The van der Waals surface area contributed by atoms with E-state index in [0.29, 0.717) is 12.1 Å². The van der Waals surface area contributed by atoms with Gasteiger partial charge in [-0.1, -0.05) is 26.8 Å². The van der Waals surface area contributed by atoms with Gasteiger partial charge in [0.05, 0.1) is 6.10 Å². The molecule has 110 valence electrons. The minimum absolute atomic E-state index is 0.0394. The second kappa shape index (κ2) is 5.41. The fourth-order valence-corrected chi connectivity index (χ4v) is 3.70. The molecular weight excluding hydrogens is 266 g/mol. The molecule has 0 N–H and O–H groups in total. The summed E-state index contributed by atoms with van der Waals surface area (Å²) in [6.07, 6.45) is 4.01. The standard InChI is InChI=1S/C16H25NO2Si/c1-16(2,3)20(4,5)19-13-9-8-12-7-6-10-17-15(12)14(18)11-13/h6-7,10,13H,8-9,11H2,1-5H3/t13-/m1/s1. The Hall–Kier alpha value is -1.00. The number of carbonyl (C=O) groups excluding carboxylic acids is 1. The van der Waals surface area contributed by atoms with Gasteiger partial charge in [-0.15, -0.1) is 0 Å². The first-order chi connectivity index (χ1) is 9.21. The maximum Gasteiger partial charge on any atom is 0.192 e. The number of rotatable bonds is 2. The lowest BCUT2D eigenvalue weighted by Crippen LogP contribution is -2.44. The van der Waals surface area contributed by atoms with Crippen molar-refractivity contribution in [2.24, 2.45) is 0 Å². The Balaban J connectivity index is 2.14. The molecule has 20 heavy (non-hydrogen) atoms. The third kappa shape index (κ3) is 3.18. The SMILES string of the molecule is CC(C)(C)[Si](C)(C)O[C@@H]1CCc2cccnc2C(=O)C1. The monoisotopic (exact) mass is 291 g/mol. The lowest BCUT2D eigenvalue weighted by Gasteiger charge is -2.39. The van der Waals surface area contributed by atoms with Gasteiger partial charge >= 0.3 is 0 Å². The van der Waals surface area contributed by atoms with Crippen LogP contribution in [0.25, 0.3) is 0 Å². The molecule has 1 heterocycles. The molecule has 0 saturated heterocycles. The van der Waals surface area contributed by atoms with E-state index in [1.54, 1.807) is 6.20 Å². The number of Topliss-reactive ketones (excluding diaryl/α,β-unsaturated/α-hetero) is 1. The fourth-order valence-electron chi connectivity index (χ4n) is 2.31. The van der Waals surface area contributed by atoms with Crippen molar-refractivity contribution in [1.29, 1.82) is 0 Å². The highest BCUT2D eigenvalue weighted by atomic mass is 28.4. The van der Waals surface area contributed by atoms with E-state index in [1.165, 1.54) is 0 Å². The molecule has 0 fully saturated rings. The summed E-state index contributed by atoms with van der Waals surface area (Å²) in [5, 5.41) is 0.174. The summed E-state index contributed by atoms with van der Waals surface area (Å²) in [5.41, 5.74) is 1.72. The van der Waals surface area contributed by atoms with Crippen LogP contribution in [0.5, 0.6) is 0 Å². The number of hydrogen-bond acceptors (Lipinski definition) is 3. The van der Waals surface area contributed by atoms with Crippen LogP contribution in [0.15, 0.2) is 18.3 Å². The van der Waals surface area contributed by atoms with E-state index >= 15 is 0 Å². The number of pyridine rings is 1. The number of ketones is 1. The molecule has 3 nitrogen and oxygen atoms in total. The topological polar surface area (TPSA) is 39.2 Å². The van der Waals surface area contributed by atoms with Crippen LogP contribution in [0, 0.1) is 0 Å². The molecule has 2 rings (SSSR count). The Morgan fingerprint density at radius 2 is 2.05 bits per heavy atom. The Labute approximate surface area is 122 Å². The highest BCUT2D eigenvalue weighted by Gasteiger charge is 2.40. The van der Waals surface area contributed by atoms with Gasteiger partial charge in [-0.25, -0.2) is 0 Å². The van der Waals surface area contributed by atoms with Crippen molar-refractivity contribution in [3.63, 3.8) is 0 Å². The minimum atomic E-state index is -1.82. The second-order valence-corrected chi connectivity index (χ2v) is 11.9. The summed E-state index contributed by atoms with van der Waals surface area (Å²) < 4.78 is 6.42. The van der Waals surface area contributed by atoms with Crippen molar-refractivity contribution in [2.45, 2.75) is 64.3 Å². The molecule has 0 amide bonds. The number of carbonyl (C=O) groups is 1. The van der Waals surface area contributed by atoms with Crippen LogP contribution >= 0.6 is 0 Å². The third-order valence-corrected chi connectivity index (χ3v) is 9.11. The maximum atomic E-state index is 12.3. The van der Waals surface area contributed by atoms with Crippen LogP contribution < -0.4 is 0 Å². The van der Waals surface area contributed by atoms with E-state index < -0.39 is 8.32 Å². The Morgan fingerprint density at radius 3 is 2.70 bits per heavy atom. The van der Waals surface area contributed by atoms with Crippen LogP contribution in [0.2, 0.25) is 18.1 Å². The summed E-state index contributed by atoms with van der Waals surface area (Å²) in [4.78, 5) is 16.6. The quantitative estimate of drug-likeness (QED) is 0.611. The number of aromatic nitrogens is 1. The van der Waals surface area contributed by atoms with Crippen molar-refractivity contribution in [2.75, 3.05) is 0 Å². The number of fused-ring (bicyclic) bond motifs is 1. The molecule has 0 aromatic carbocycles. The molecule has 0 bridgehead atoms. The van der Waals surface area contributed by atoms with E-state index in [4.69, 9.17) is 4.43 Å². The lowest BCUT2D eigenvalue weighted by molar-refractivity contribution is 0.0890. The predicted octanol–water partition coefficient (Wildman–Crippen LogP) is 3.99. The van der Waals surface area contributed by atoms with Crippen molar-refractivity contribution in [3.05, 3.63) is 29.6 Å². The summed E-state index contributed by atoms with van der Waals surface area (Å²) >= 11 is 0. The third-order valence-electron chi connectivity index (χ3n) is 4.57. The average molecular weight is 291 g/mol. The highest BCUT2D eigenvalue weighted by Crippen LogP contribution is 2.38. The van der Waals surface area contributed by atoms with Crippen LogP contribution in [0.4, 0.5) is 0 Å². The first kappa shape index (κ1) is 15.4. The van der Waals surface area contributed by atoms with E-state index in [0.717, 1.165) is 18.4 Å². The summed E-state index contributed by atoms with van der Waals surface area (Å²) in [6, 6.07) is 3.91. The van der Waals surface area contributed by atoms with Gasteiger partial charge < -0.3 is 4.43 Å². The molecule has 1 atom stereocenters. The van der Waals surface area contributed by atoms with Crippen LogP contribution in [-0.4, -0.2) is 25.2 Å². The van der Waals surface area contributed by atoms with E-state index in [2.05, 4.69) is 38.8 Å². The number of hydrogen-bond donors (Lipinski definition) is 0. The van der Waals surface area contributed by atoms with Crippen molar-refractivity contribution >= 4 is 14.1 Å². The first-order valence-electron chi connectivity index (χ1n) is 7.35. The average Bonchev–Trinajstić information content (AvgIpc) is 2.48. The van der Waals surface area contributed by atoms with Gasteiger partial charge in [-0.3, -0.25) is 9.78 Å². The zero-order valence-corrected chi connectivity index (χ0v) is 14.2. The number of aryl methyl sites for hydroxylation is 1. The minimum Gasteiger partial charge on any atom is -0.413 e. The number of nitrogens with zero attached hydrogens (tertiary/aromatic N) is 1. The molecule has 0 unspecified atom stereocenters. The molecule has 1 aliphatic rings. The zero-order valence-electron chi connectivity index (χ0n) is 13.2. The van der Waals surface area contributed by atoms with Crippen LogP contribution in [0.1, 0.15) is 49.7 Å². The molecule has 1 aromatic heterocycles. The summed E-state index contributed by atoms with van der Waals surface area (Å²) in [7, 11) is -1.82. The first-order valence-corrected chi connectivity index (χ1v) is 10.3. The van der Waals surface area contributed by atoms with Crippen molar-refractivity contribution in [1.82, 2.24) is 4.98 Å². The molecule has 1 aliphatic carbocycles. The highest BCUT2D eigenvalue weighted by molar-refractivity contribution is 6.74. The molecule has 0 saturated carbocycles. The molecule has 1 aromatic rings. The molecule has 0 spiro atoms. The molecular formula is C16H25NO2Si. The van der Waals surface area contributed by atoms with Crippen LogP contribution in [-0.2, 0) is 10.8 Å². The van der Waals surface area contributed by atoms with Crippen molar-refractivity contribution < 1.29 is 9.22 Å².